The summed E-state index contributed by atoms with van der Waals surface area (Å²) in [4.78, 5) is 0. The summed E-state index contributed by atoms with van der Waals surface area (Å²) in [5, 5.41) is 6.07. The Morgan fingerprint density at radius 1 is 1.54 bits per heavy atom. The van der Waals surface area contributed by atoms with Crippen molar-refractivity contribution in [3.05, 3.63) is 11.8 Å². The molecule has 0 unspecified atom stereocenters. The largest absolute Gasteiger partial charge is 0.270 e. The van der Waals surface area contributed by atoms with Crippen LogP contribution in [0.4, 0.5) is 0 Å². The molecular formula is C11H20N2. The third-order valence-electron chi connectivity index (χ3n) is 2.86. The maximum Gasteiger partial charge on any atom is 0.0519 e. The second kappa shape index (κ2) is 4.45. The quantitative estimate of drug-likeness (QED) is 0.479. The van der Waals surface area contributed by atoms with Gasteiger partial charge in [-0.05, 0) is 32.1 Å². The van der Waals surface area contributed by atoms with Crippen molar-refractivity contribution < 1.29 is 0 Å². The summed E-state index contributed by atoms with van der Waals surface area (Å²) in [6.45, 7) is 10.2. The van der Waals surface area contributed by atoms with E-state index in [2.05, 4.69) is 38.8 Å². The first kappa shape index (κ1) is 10.3. The molecule has 0 aromatic heterocycles. The molecule has 2 heteroatoms. The number of hydrazone groups is 1. The summed E-state index contributed by atoms with van der Waals surface area (Å²) in [6.07, 6.45) is 6.01. The minimum absolute atomic E-state index is 0.601. The van der Waals surface area contributed by atoms with Crippen LogP contribution in [-0.2, 0) is 0 Å². The Morgan fingerprint density at radius 3 is 2.46 bits per heavy atom. The molecule has 0 heterocycles. The van der Waals surface area contributed by atoms with E-state index in [1.807, 2.05) is 5.01 Å². The smallest absolute Gasteiger partial charge is 0.0519 e. The molecule has 1 rings (SSSR count). The zero-order chi connectivity index (χ0) is 9.84. The molecule has 1 saturated carbocycles. The van der Waals surface area contributed by atoms with Crippen LogP contribution < -0.4 is 0 Å². The predicted molar refractivity (Wildman–Crippen MR) is 57.6 cm³/mol. The van der Waals surface area contributed by atoms with E-state index < -0.39 is 0 Å². The molecule has 0 aromatic carbocycles. The lowest BCUT2D eigenvalue weighted by molar-refractivity contribution is 0.190. The monoisotopic (exact) mass is 180 g/mol. The molecule has 74 valence electrons. The third-order valence-corrected chi connectivity index (χ3v) is 2.86. The van der Waals surface area contributed by atoms with Gasteiger partial charge < -0.3 is 0 Å². The Hall–Kier alpha value is -0.790. The third kappa shape index (κ3) is 2.58. The summed E-state index contributed by atoms with van der Waals surface area (Å²) in [5.74, 6) is 0.601. The van der Waals surface area contributed by atoms with Crippen molar-refractivity contribution in [1.82, 2.24) is 5.01 Å². The highest BCUT2D eigenvalue weighted by atomic mass is 15.5. The molecule has 2 nitrogen and oxygen atoms in total. The van der Waals surface area contributed by atoms with Crippen LogP contribution in [0.15, 0.2) is 16.9 Å². The van der Waals surface area contributed by atoms with E-state index in [-0.39, 0.29) is 0 Å². The van der Waals surface area contributed by atoms with Crippen LogP contribution in [0.1, 0.15) is 40.0 Å². The van der Waals surface area contributed by atoms with Crippen molar-refractivity contribution in [1.29, 1.82) is 0 Å². The number of allylic oxidation sites excluding steroid dienone is 1. The lowest BCUT2D eigenvalue weighted by Crippen LogP contribution is -2.32. The number of hydrogen-bond donors (Lipinski definition) is 0. The zero-order valence-electron chi connectivity index (χ0n) is 8.95. The van der Waals surface area contributed by atoms with Crippen molar-refractivity contribution in [2.24, 2.45) is 11.0 Å². The molecule has 1 aliphatic rings. The molecule has 0 amide bonds. The Balaban J connectivity index is 2.56. The van der Waals surface area contributed by atoms with Gasteiger partial charge in [0.1, 0.15) is 0 Å². The lowest BCUT2D eigenvalue weighted by atomic mass is 9.92. The van der Waals surface area contributed by atoms with Crippen LogP contribution >= 0.6 is 0 Å². The van der Waals surface area contributed by atoms with Crippen LogP contribution in [0.5, 0.6) is 0 Å². The molecule has 1 aliphatic carbocycles. The van der Waals surface area contributed by atoms with E-state index >= 15 is 0 Å². The van der Waals surface area contributed by atoms with Crippen LogP contribution in [0.25, 0.3) is 0 Å². The van der Waals surface area contributed by atoms with Crippen LogP contribution in [0.2, 0.25) is 0 Å². The zero-order valence-corrected chi connectivity index (χ0v) is 8.95. The normalized spacial score (nSPS) is 18.6. The number of rotatable bonds is 4. The van der Waals surface area contributed by atoms with E-state index in [1.54, 1.807) is 0 Å². The van der Waals surface area contributed by atoms with E-state index in [0.717, 1.165) is 0 Å². The van der Waals surface area contributed by atoms with Gasteiger partial charge in [-0.15, -0.1) is 0 Å². The number of hydrogen-bond acceptors (Lipinski definition) is 2. The molecule has 0 aliphatic heterocycles. The van der Waals surface area contributed by atoms with Gasteiger partial charge >= 0.3 is 0 Å². The minimum atomic E-state index is 0.601. The Labute approximate surface area is 81.3 Å². The standard InChI is InChI=1S/C11H20N2/c1-9(2)10(3)8-13(12-4)11-6-5-7-11/h8-9,11H,4-7H2,1-3H3/b10-8+. The van der Waals surface area contributed by atoms with Crippen LogP contribution in [0.3, 0.4) is 0 Å². The van der Waals surface area contributed by atoms with E-state index in [4.69, 9.17) is 0 Å². The fourth-order valence-corrected chi connectivity index (χ4v) is 1.27. The highest BCUT2D eigenvalue weighted by Gasteiger charge is 2.22. The van der Waals surface area contributed by atoms with Crippen molar-refractivity contribution in [2.45, 2.75) is 46.1 Å². The molecule has 0 radical (unpaired) electrons. The number of nitrogens with zero attached hydrogens (tertiary/aromatic N) is 2. The summed E-state index contributed by atoms with van der Waals surface area (Å²) in [6, 6.07) is 0.617. The van der Waals surface area contributed by atoms with Gasteiger partial charge in [-0.1, -0.05) is 19.4 Å². The summed E-state index contributed by atoms with van der Waals surface area (Å²) < 4.78 is 0. The molecule has 0 spiro atoms. The Kier molecular flexibility index (Phi) is 3.52. The first-order chi connectivity index (χ1) is 6.15. The fourth-order valence-electron chi connectivity index (χ4n) is 1.27. The molecule has 13 heavy (non-hydrogen) atoms. The van der Waals surface area contributed by atoms with Crippen molar-refractivity contribution in [3.63, 3.8) is 0 Å². The van der Waals surface area contributed by atoms with Gasteiger partial charge in [-0.2, -0.15) is 5.10 Å². The average Bonchev–Trinajstić information content (AvgIpc) is 1.99. The Morgan fingerprint density at radius 2 is 2.15 bits per heavy atom. The SMILES string of the molecule is C=NN(/C=C(\C)C(C)C)C1CCC1. The molecule has 0 atom stereocenters. The van der Waals surface area contributed by atoms with Gasteiger partial charge in [0.15, 0.2) is 0 Å². The van der Waals surface area contributed by atoms with Gasteiger partial charge in [0.25, 0.3) is 0 Å². The summed E-state index contributed by atoms with van der Waals surface area (Å²) in [5.41, 5.74) is 1.37. The maximum absolute atomic E-state index is 4.04. The molecule has 1 fully saturated rings. The lowest BCUT2D eigenvalue weighted by Gasteiger charge is -2.33. The topological polar surface area (TPSA) is 15.6 Å². The average molecular weight is 180 g/mol. The highest BCUT2D eigenvalue weighted by Crippen LogP contribution is 2.26. The van der Waals surface area contributed by atoms with Crippen molar-refractivity contribution in [2.75, 3.05) is 0 Å². The van der Waals surface area contributed by atoms with E-state index in [1.165, 1.54) is 24.8 Å². The second-order valence-corrected chi connectivity index (χ2v) is 4.13. The van der Waals surface area contributed by atoms with Crippen molar-refractivity contribution in [3.8, 4) is 0 Å². The van der Waals surface area contributed by atoms with Crippen LogP contribution in [0, 0.1) is 5.92 Å². The fraction of sp³-hybridized carbons (Fsp3) is 0.727. The first-order valence-corrected chi connectivity index (χ1v) is 5.08. The minimum Gasteiger partial charge on any atom is -0.270 e. The molecule has 0 saturated heterocycles. The maximum atomic E-state index is 4.04. The molecule has 0 aromatic rings. The summed E-state index contributed by atoms with van der Waals surface area (Å²) >= 11 is 0. The molecule has 0 bridgehead atoms. The van der Waals surface area contributed by atoms with Gasteiger partial charge in [0.05, 0.1) is 6.04 Å². The van der Waals surface area contributed by atoms with Gasteiger partial charge in [0, 0.05) is 12.9 Å². The predicted octanol–water partition coefficient (Wildman–Crippen LogP) is 3.02. The highest BCUT2D eigenvalue weighted by molar-refractivity contribution is 5.23. The first-order valence-electron chi connectivity index (χ1n) is 5.08. The second-order valence-electron chi connectivity index (χ2n) is 4.13. The van der Waals surface area contributed by atoms with Crippen molar-refractivity contribution >= 4 is 6.72 Å². The van der Waals surface area contributed by atoms with Gasteiger partial charge in [-0.25, -0.2) is 0 Å². The Bertz CT molecular complexity index is 202. The van der Waals surface area contributed by atoms with E-state index in [9.17, 15) is 0 Å². The van der Waals surface area contributed by atoms with Crippen LogP contribution in [-0.4, -0.2) is 17.8 Å². The van der Waals surface area contributed by atoms with Gasteiger partial charge in [-0.3, -0.25) is 5.01 Å². The van der Waals surface area contributed by atoms with E-state index in [0.29, 0.717) is 12.0 Å². The molecular weight excluding hydrogens is 160 g/mol. The summed E-state index contributed by atoms with van der Waals surface area (Å²) in [7, 11) is 0. The van der Waals surface area contributed by atoms with Gasteiger partial charge in [0.2, 0.25) is 0 Å². The molecule has 0 N–H and O–H groups in total.